The van der Waals surface area contributed by atoms with Gasteiger partial charge in [-0.25, -0.2) is 4.79 Å². The van der Waals surface area contributed by atoms with E-state index in [2.05, 4.69) is 15.5 Å². The summed E-state index contributed by atoms with van der Waals surface area (Å²) in [6.07, 6.45) is -4.85. The number of aliphatic hydroxyl groups is 1. The summed E-state index contributed by atoms with van der Waals surface area (Å²) in [6.45, 7) is 2.44. The second-order valence-corrected chi connectivity index (χ2v) is 8.67. The van der Waals surface area contributed by atoms with Crippen molar-refractivity contribution in [1.82, 2.24) is 25.0 Å². The first-order valence-corrected chi connectivity index (χ1v) is 11.0. The minimum atomic E-state index is -4.42. The summed E-state index contributed by atoms with van der Waals surface area (Å²) >= 11 is 5.97. The molecule has 1 saturated heterocycles. The number of nitrogens with zero attached hydrogens (tertiary/aromatic N) is 4. The quantitative estimate of drug-likeness (QED) is 0.554. The number of aromatic nitrogens is 3. The Bertz CT molecular complexity index is 1150. The van der Waals surface area contributed by atoms with Gasteiger partial charge in [-0.15, -0.1) is 10.2 Å². The molecule has 2 N–H and O–H groups in total. The molecule has 2 heterocycles. The Morgan fingerprint density at radius 1 is 1.12 bits per heavy atom. The predicted molar refractivity (Wildman–Crippen MR) is 119 cm³/mol. The van der Waals surface area contributed by atoms with Crippen LogP contribution in [0.2, 0.25) is 5.02 Å². The summed E-state index contributed by atoms with van der Waals surface area (Å²) in [5, 5.41) is 22.1. The molecular weight excluding hydrogens is 471 g/mol. The van der Waals surface area contributed by atoms with Crippen LogP contribution in [0.25, 0.3) is 0 Å². The predicted octanol–water partition coefficient (Wildman–Crippen LogP) is 4.32. The van der Waals surface area contributed by atoms with Crippen LogP contribution < -0.4 is 5.32 Å². The van der Waals surface area contributed by atoms with Gasteiger partial charge in [-0.05, 0) is 42.3 Å². The first-order valence-electron chi connectivity index (χ1n) is 10.6. The minimum Gasteiger partial charge on any atom is -0.391 e. The van der Waals surface area contributed by atoms with Gasteiger partial charge in [0, 0.05) is 24.5 Å². The molecule has 0 aliphatic carbocycles. The van der Waals surface area contributed by atoms with E-state index in [4.69, 9.17) is 11.6 Å². The number of aryl methyl sites for hydroxylation is 1. The van der Waals surface area contributed by atoms with Crippen LogP contribution in [0.4, 0.5) is 18.0 Å². The zero-order chi connectivity index (χ0) is 24.5. The molecule has 0 radical (unpaired) electrons. The van der Waals surface area contributed by atoms with Crippen LogP contribution in [0.5, 0.6) is 0 Å². The molecule has 180 valence electrons. The van der Waals surface area contributed by atoms with Gasteiger partial charge in [0.25, 0.3) is 0 Å². The zero-order valence-electron chi connectivity index (χ0n) is 18.3. The van der Waals surface area contributed by atoms with Gasteiger partial charge in [0.2, 0.25) is 0 Å². The van der Waals surface area contributed by atoms with Crippen molar-refractivity contribution in [3.05, 3.63) is 81.9 Å². The number of amides is 2. The maximum absolute atomic E-state index is 12.9. The topological polar surface area (TPSA) is 83.3 Å². The number of likely N-dealkylation sites (tertiary alicyclic amines) is 1. The van der Waals surface area contributed by atoms with Crippen molar-refractivity contribution >= 4 is 17.6 Å². The molecule has 2 atom stereocenters. The van der Waals surface area contributed by atoms with Crippen molar-refractivity contribution in [2.75, 3.05) is 6.54 Å². The summed E-state index contributed by atoms with van der Waals surface area (Å²) in [5.41, 5.74) is 0.755. The third kappa shape index (κ3) is 5.34. The molecule has 0 bridgehead atoms. The van der Waals surface area contributed by atoms with E-state index < -0.39 is 29.9 Å². The Kier molecular flexibility index (Phi) is 6.81. The third-order valence-electron chi connectivity index (χ3n) is 5.78. The Balaban J connectivity index is 1.48. The fraction of sp³-hybridized carbons (Fsp3) is 0.348. The van der Waals surface area contributed by atoms with Crippen LogP contribution in [0.3, 0.4) is 0 Å². The maximum Gasteiger partial charge on any atom is 0.416 e. The number of alkyl halides is 3. The Morgan fingerprint density at radius 3 is 2.41 bits per heavy atom. The summed E-state index contributed by atoms with van der Waals surface area (Å²) in [5.74, 6) is 1.21. The second-order valence-electron chi connectivity index (χ2n) is 8.23. The highest BCUT2D eigenvalue weighted by Gasteiger charge is 2.38. The van der Waals surface area contributed by atoms with Crippen molar-refractivity contribution in [3.63, 3.8) is 0 Å². The Hall–Kier alpha value is -3.11. The fourth-order valence-corrected chi connectivity index (χ4v) is 4.11. The normalized spacial score (nSPS) is 18.4. The molecule has 0 spiro atoms. The number of urea groups is 1. The van der Waals surface area contributed by atoms with Crippen LogP contribution in [0.15, 0.2) is 48.5 Å². The molecule has 1 fully saturated rings. The van der Waals surface area contributed by atoms with E-state index in [1.807, 2.05) is 23.6 Å². The van der Waals surface area contributed by atoms with Gasteiger partial charge in [0.15, 0.2) is 5.82 Å². The van der Waals surface area contributed by atoms with Crippen molar-refractivity contribution < 1.29 is 23.1 Å². The number of hydrogen-bond donors (Lipinski definition) is 2. The number of rotatable bonds is 5. The number of carbonyl (C=O) groups is 1. The average Bonchev–Trinajstić information content (AvgIpc) is 3.35. The molecular formula is C23H23ClF3N5O2. The molecule has 1 aliphatic rings. The summed E-state index contributed by atoms with van der Waals surface area (Å²) in [4.78, 5) is 14.4. The number of benzene rings is 2. The van der Waals surface area contributed by atoms with Crippen molar-refractivity contribution in [1.29, 1.82) is 0 Å². The third-order valence-corrected chi connectivity index (χ3v) is 6.03. The van der Waals surface area contributed by atoms with Gasteiger partial charge in [-0.1, -0.05) is 35.9 Å². The molecule has 3 aromatic rings. The molecule has 2 amide bonds. The van der Waals surface area contributed by atoms with E-state index in [-0.39, 0.29) is 13.1 Å². The van der Waals surface area contributed by atoms with Crippen molar-refractivity contribution in [2.45, 2.75) is 44.8 Å². The van der Waals surface area contributed by atoms with Crippen molar-refractivity contribution in [3.8, 4) is 0 Å². The van der Waals surface area contributed by atoms with Crippen LogP contribution >= 0.6 is 11.6 Å². The lowest BCUT2D eigenvalue weighted by molar-refractivity contribution is -0.137. The van der Waals surface area contributed by atoms with Gasteiger partial charge < -0.3 is 19.9 Å². The minimum absolute atomic E-state index is 0.0484. The first kappa shape index (κ1) is 24.0. The van der Waals surface area contributed by atoms with Crippen LogP contribution in [-0.4, -0.2) is 43.5 Å². The highest BCUT2D eigenvalue weighted by atomic mass is 35.5. The van der Waals surface area contributed by atoms with E-state index >= 15 is 0 Å². The van der Waals surface area contributed by atoms with E-state index in [1.54, 1.807) is 12.1 Å². The maximum atomic E-state index is 12.9. The molecule has 1 aliphatic heterocycles. The molecule has 0 saturated carbocycles. The lowest BCUT2D eigenvalue weighted by Gasteiger charge is -2.25. The second kappa shape index (κ2) is 9.63. The number of carbonyl (C=O) groups excluding carboxylic acids is 1. The lowest BCUT2D eigenvalue weighted by Crippen LogP contribution is -2.40. The number of β-amino-alcohol motifs (C(OH)–C–C–N with tert-alkyl or cyclic N) is 1. The Morgan fingerprint density at radius 2 is 1.76 bits per heavy atom. The number of nitrogens with one attached hydrogen (secondary N) is 1. The smallest absolute Gasteiger partial charge is 0.391 e. The monoisotopic (exact) mass is 493 g/mol. The largest absolute Gasteiger partial charge is 0.416 e. The number of aliphatic hydroxyl groups excluding tert-OH is 1. The fourth-order valence-electron chi connectivity index (χ4n) is 3.99. The van der Waals surface area contributed by atoms with Gasteiger partial charge in [-0.3, -0.25) is 0 Å². The van der Waals surface area contributed by atoms with Crippen LogP contribution in [0, 0.1) is 6.92 Å². The summed E-state index contributed by atoms with van der Waals surface area (Å²) < 4.78 is 40.1. The van der Waals surface area contributed by atoms with Crippen LogP contribution in [-0.2, 0) is 19.3 Å². The standard InChI is InChI=1S/C23H23ClF3N5O2/c1-14-29-30-21(31(14)12-16-4-8-18(24)9-5-16)20-10-19(33)13-32(20)22(34)28-11-15-2-6-17(7-3-15)23(25,26)27/h2-9,19-20,33H,10-13H2,1H3,(H,28,34)/t19-,20?/m1/s1. The molecule has 7 nitrogen and oxygen atoms in total. The van der Waals surface area contributed by atoms with E-state index in [1.165, 1.54) is 17.0 Å². The SMILES string of the molecule is Cc1nnc(C2C[C@@H](O)CN2C(=O)NCc2ccc(C(F)(F)F)cc2)n1Cc1ccc(Cl)cc1. The van der Waals surface area contributed by atoms with Gasteiger partial charge >= 0.3 is 12.2 Å². The lowest BCUT2D eigenvalue weighted by atomic mass is 10.1. The molecule has 1 aromatic heterocycles. The number of halogens is 4. The van der Waals surface area contributed by atoms with Gasteiger partial charge in [-0.2, -0.15) is 13.2 Å². The number of hydrogen-bond acceptors (Lipinski definition) is 4. The first-order chi connectivity index (χ1) is 16.1. The van der Waals surface area contributed by atoms with E-state index in [0.717, 1.165) is 17.7 Å². The zero-order valence-corrected chi connectivity index (χ0v) is 19.0. The highest BCUT2D eigenvalue weighted by Crippen LogP contribution is 2.32. The molecule has 2 aromatic carbocycles. The van der Waals surface area contributed by atoms with Gasteiger partial charge in [0.05, 0.1) is 24.3 Å². The van der Waals surface area contributed by atoms with Gasteiger partial charge in [0.1, 0.15) is 5.82 Å². The molecule has 34 heavy (non-hydrogen) atoms. The molecule has 11 heteroatoms. The highest BCUT2D eigenvalue weighted by molar-refractivity contribution is 6.30. The summed E-state index contributed by atoms with van der Waals surface area (Å²) in [6, 6.07) is 11.0. The van der Waals surface area contributed by atoms with E-state index in [0.29, 0.717) is 35.2 Å². The average molecular weight is 494 g/mol. The summed E-state index contributed by atoms with van der Waals surface area (Å²) in [7, 11) is 0. The molecule has 4 rings (SSSR count). The molecule has 1 unspecified atom stereocenters. The van der Waals surface area contributed by atoms with Crippen molar-refractivity contribution in [2.24, 2.45) is 0 Å². The van der Waals surface area contributed by atoms with E-state index in [9.17, 15) is 23.1 Å². The van der Waals surface area contributed by atoms with Crippen LogP contribution in [0.1, 0.15) is 40.8 Å². The Labute approximate surface area is 199 Å².